The molecular weight excluding hydrogens is 186 g/mol. The molecule has 0 radical (unpaired) electrons. The van der Waals surface area contributed by atoms with Crippen LogP contribution in [-0.4, -0.2) is 19.7 Å². The molecule has 0 saturated carbocycles. The second-order valence-corrected chi connectivity index (χ2v) is 3.21. The SMILES string of the molecule is CCNCC=Cc1ccc(OCC)cc1. The van der Waals surface area contributed by atoms with Crippen molar-refractivity contribution < 1.29 is 4.74 Å². The Kier molecular flexibility index (Phi) is 5.56. The summed E-state index contributed by atoms with van der Waals surface area (Å²) in [6, 6.07) is 8.12. The van der Waals surface area contributed by atoms with Crippen molar-refractivity contribution in [3.05, 3.63) is 35.9 Å². The Morgan fingerprint density at radius 3 is 2.53 bits per heavy atom. The maximum Gasteiger partial charge on any atom is 0.119 e. The maximum atomic E-state index is 5.37. The smallest absolute Gasteiger partial charge is 0.119 e. The van der Waals surface area contributed by atoms with E-state index in [0.29, 0.717) is 0 Å². The predicted molar refractivity (Wildman–Crippen MR) is 65.2 cm³/mol. The van der Waals surface area contributed by atoms with Crippen LogP contribution >= 0.6 is 0 Å². The zero-order chi connectivity index (χ0) is 10.9. The molecule has 0 aliphatic carbocycles. The standard InChI is InChI=1S/C13H19NO/c1-3-14-11-5-6-12-7-9-13(10-8-12)15-4-2/h5-10,14H,3-4,11H2,1-2H3. The molecule has 0 amide bonds. The van der Waals surface area contributed by atoms with E-state index in [1.165, 1.54) is 5.56 Å². The monoisotopic (exact) mass is 205 g/mol. The lowest BCUT2D eigenvalue weighted by atomic mass is 10.2. The molecule has 0 aliphatic heterocycles. The van der Waals surface area contributed by atoms with Gasteiger partial charge in [-0.2, -0.15) is 0 Å². The van der Waals surface area contributed by atoms with Crippen molar-refractivity contribution in [1.29, 1.82) is 0 Å². The number of rotatable bonds is 6. The average molecular weight is 205 g/mol. The number of likely N-dealkylation sites (N-methyl/N-ethyl adjacent to an activating group) is 1. The van der Waals surface area contributed by atoms with E-state index in [9.17, 15) is 0 Å². The molecule has 0 unspecified atom stereocenters. The highest BCUT2D eigenvalue weighted by Gasteiger charge is 1.90. The van der Waals surface area contributed by atoms with E-state index in [1.54, 1.807) is 0 Å². The Morgan fingerprint density at radius 2 is 1.93 bits per heavy atom. The zero-order valence-corrected chi connectivity index (χ0v) is 9.49. The van der Waals surface area contributed by atoms with Crippen LogP contribution in [0.25, 0.3) is 6.08 Å². The third-order valence-electron chi connectivity index (χ3n) is 2.01. The Labute approximate surface area is 92.0 Å². The van der Waals surface area contributed by atoms with Gasteiger partial charge in [-0.25, -0.2) is 0 Å². The van der Waals surface area contributed by atoms with Gasteiger partial charge in [-0.1, -0.05) is 31.2 Å². The van der Waals surface area contributed by atoms with Crippen molar-refractivity contribution in [3.8, 4) is 5.75 Å². The molecule has 2 nitrogen and oxygen atoms in total. The minimum absolute atomic E-state index is 0.718. The Morgan fingerprint density at radius 1 is 1.20 bits per heavy atom. The third kappa shape index (κ3) is 4.66. The third-order valence-corrected chi connectivity index (χ3v) is 2.01. The largest absolute Gasteiger partial charge is 0.494 e. The summed E-state index contributed by atoms with van der Waals surface area (Å²) < 4.78 is 5.37. The molecule has 15 heavy (non-hydrogen) atoms. The van der Waals surface area contributed by atoms with Gasteiger partial charge in [0.25, 0.3) is 0 Å². The maximum absolute atomic E-state index is 5.37. The van der Waals surface area contributed by atoms with Gasteiger partial charge in [-0.05, 0) is 31.2 Å². The number of hydrogen-bond donors (Lipinski definition) is 1. The molecule has 1 aromatic rings. The lowest BCUT2D eigenvalue weighted by molar-refractivity contribution is 0.340. The Hall–Kier alpha value is -1.28. The second-order valence-electron chi connectivity index (χ2n) is 3.21. The first-order valence-electron chi connectivity index (χ1n) is 5.47. The zero-order valence-electron chi connectivity index (χ0n) is 9.49. The van der Waals surface area contributed by atoms with Crippen LogP contribution in [0.5, 0.6) is 5.75 Å². The summed E-state index contributed by atoms with van der Waals surface area (Å²) in [7, 11) is 0. The predicted octanol–water partition coefficient (Wildman–Crippen LogP) is 2.71. The summed E-state index contributed by atoms with van der Waals surface area (Å²) in [5.74, 6) is 0.932. The molecule has 0 spiro atoms. The normalized spacial score (nSPS) is 10.8. The molecule has 0 fully saturated rings. The van der Waals surface area contributed by atoms with Gasteiger partial charge in [0.2, 0.25) is 0 Å². The van der Waals surface area contributed by atoms with Gasteiger partial charge < -0.3 is 10.1 Å². The molecule has 0 saturated heterocycles. The van der Waals surface area contributed by atoms with Crippen molar-refractivity contribution in [2.75, 3.05) is 19.7 Å². The highest BCUT2D eigenvalue weighted by Crippen LogP contribution is 2.12. The lowest BCUT2D eigenvalue weighted by Crippen LogP contribution is -2.11. The molecular formula is C13H19NO. The van der Waals surface area contributed by atoms with Gasteiger partial charge in [0.15, 0.2) is 0 Å². The lowest BCUT2D eigenvalue weighted by Gasteiger charge is -2.02. The van der Waals surface area contributed by atoms with Crippen molar-refractivity contribution in [2.24, 2.45) is 0 Å². The van der Waals surface area contributed by atoms with Crippen molar-refractivity contribution in [2.45, 2.75) is 13.8 Å². The van der Waals surface area contributed by atoms with Crippen LogP contribution in [0.3, 0.4) is 0 Å². The number of hydrogen-bond acceptors (Lipinski definition) is 2. The van der Waals surface area contributed by atoms with Crippen LogP contribution in [0.2, 0.25) is 0 Å². The van der Waals surface area contributed by atoms with Crippen molar-refractivity contribution >= 4 is 6.08 Å². The van der Waals surface area contributed by atoms with Crippen LogP contribution in [0, 0.1) is 0 Å². The summed E-state index contributed by atoms with van der Waals surface area (Å²) in [5, 5.41) is 3.24. The fraction of sp³-hybridized carbons (Fsp3) is 0.385. The van der Waals surface area contributed by atoms with Gasteiger partial charge in [0.05, 0.1) is 6.61 Å². The molecule has 1 N–H and O–H groups in total. The topological polar surface area (TPSA) is 21.3 Å². The summed E-state index contributed by atoms with van der Waals surface area (Å²) in [4.78, 5) is 0. The van der Waals surface area contributed by atoms with Gasteiger partial charge in [-0.15, -0.1) is 0 Å². The highest BCUT2D eigenvalue weighted by atomic mass is 16.5. The molecule has 1 aromatic carbocycles. The Bertz CT molecular complexity index is 290. The summed E-state index contributed by atoms with van der Waals surface area (Å²) in [6.07, 6.45) is 4.23. The number of ether oxygens (including phenoxy) is 1. The molecule has 0 atom stereocenters. The van der Waals surface area contributed by atoms with Crippen LogP contribution in [0.15, 0.2) is 30.3 Å². The summed E-state index contributed by atoms with van der Waals surface area (Å²) in [6.45, 7) is 6.74. The fourth-order valence-electron chi connectivity index (χ4n) is 1.26. The van der Waals surface area contributed by atoms with Gasteiger partial charge in [-0.3, -0.25) is 0 Å². The fourth-order valence-corrected chi connectivity index (χ4v) is 1.26. The van der Waals surface area contributed by atoms with E-state index in [2.05, 4.69) is 36.5 Å². The Balaban J connectivity index is 2.45. The van der Waals surface area contributed by atoms with Gasteiger partial charge in [0, 0.05) is 6.54 Å². The molecule has 0 heterocycles. The van der Waals surface area contributed by atoms with Crippen LogP contribution < -0.4 is 10.1 Å². The molecule has 82 valence electrons. The van der Waals surface area contributed by atoms with E-state index in [-0.39, 0.29) is 0 Å². The molecule has 1 rings (SSSR count). The van der Waals surface area contributed by atoms with E-state index in [0.717, 1.165) is 25.4 Å². The number of benzene rings is 1. The first-order chi connectivity index (χ1) is 7.36. The second kappa shape index (κ2) is 7.07. The van der Waals surface area contributed by atoms with Crippen molar-refractivity contribution in [3.63, 3.8) is 0 Å². The first kappa shape index (κ1) is 11.8. The van der Waals surface area contributed by atoms with Crippen molar-refractivity contribution in [1.82, 2.24) is 5.32 Å². The van der Waals surface area contributed by atoms with Gasteiger partial charge in [0.1, 0.15) is 5.75 Å². The minimum atomic E-state index is 0.718. The van der Waals surface area contributed by atoms with E-state index < -0.39 is 0 Å². The van der Waals surface area contributed by atoms with E-state index in [1.807, 2.05) is 19.1 Å². The van der Waals surface area contributed by atoms with E-state index in [4.69, 9.17) is 4.74 Å². The molecule has 0 bridgehead atoms. The molecule has 2 heteroatoms. The number of nitrogens with one attached hydrogen (secondary N) is 1. The van der Waals surface area contributed by atoms with Crippen LogP contribution in [0.1, 0.15) is 19.4 Å². The van der Waals surface area contributed by atoms with Gasteiger partial charge >= 0.3 is 0 Å². The van der Waals surface area contributed by atoms with E-state index >= 15 is 0 Å². The molecule has 0 aromatic heterocycles. The first-order valence-corrected chi connectivity index (χ1v) is 5.47. The quantitative estimate of drug-likeness (QED) is 0.721. The molecule has 0 aliphatic rings. The van der Waals surface area contributed by atoms with Crippen LogP contribution in [-0.2, 0) is 0 Å². The minimum Gasteiger partial charge on any atom is -0.494 e. The average Bonchev–Trinajstić information content (AvgIpc) is 2.27. The summed E-state index contributed by atoms with van der Waals surface area (Å²) >= 11 is 0. The highest BCUT2D eigenvalue weighted by molar-refractivity contribution is 5.50. The van der Waals surface area contributed by atoms with Crippen LogP contribution in [0.4, 0.5) is 0 Å². The summed E-state index contributed by atoms with van der Waals surface area (Å²) in [5.41, 5.74) is 1.20.